The van der Waals surface area contributed by atoms with Crippen molar-refractivity contribution in [3.05, 3.63) is 48.0 Å². The van der Waals surface area contributed by atoms with Crippen LogP contribution in [0.25, 0.3) is 0 Å². The summed E-state index contributed by atoms with van der Waals surface area (Å²) in [5, 5.41) is 13.7. The van der Waals surface area contributed by atoms with Crippen molar-refractivity contribution in [2.75, 3.05) is 32.1 Å². The predicted octanol–water partition coefficient (Wildman–Crippen LogP) is 2.06. The lowest BCUT2D eigenvalue weighted by molar-refractivity contribution is -0.0621. The Kier molecular flexibility index (Phi) is 5.45. The van der Waals surface area contributed by atoms with Gasteiger partial charge in [-0.2, -0.15) is 0 Å². The number of hydrogen-bond donors (Lipinski definition) is 2. The first-order valence-corrected chi connectivity index (χ1v) is 8.38. The summed E-state index contributed by atoms with van der Waals surface area (Å²) < 4.78 is 18.6. The normalized spacial score (nSPS) is 21.1. The molecule has 2 heterocycles. The van der Waals surface area contributed by atoms with Gasteiger partial charge in [-0.05, 0) is 43.7 Å². The third kappa shape index (κ3) is 4.87. The molecule has 0 unspecified atom stereocenters. The first-order valence-electron chi connectivity index (χ1n) is 8.38. The van der Waals surface area contributed by atoms with Gasteiger partial charge in [0, 0.05) is 38.1 Å². The van der Waals surface area contributed by atoms with Crippen molar-refractivity contribution in [1.82, 2.24) is 14.9 Å². The van der Waals surface area contributed by atoms with Gasteiger partial charge in [-0.25, -0.2) is 14.4 Å². The molecule has 0 radical (unpaired) electrons. The molecule has 1 aromatic heterocycles. The van der Waals surface area contributed by atoms with E-state index < -0.39 is 5.60 Å². The van der Waals surface area contributed by atoms with Crippen molar-refractivity contribution in [2.24, 2.45) is 0 Å². The zero-order chi connectivity index (χ0) is 17.7. The summed E-state index contributed by atoms with van der Waals surface area (Å²) in [5.41, 5.74) is 0.0843. The van der Waals surface area contributed by atoms with Gasteiger partial charge >= 0.3 is 0 Å². The molecule has 1 fully saturated rings. The second-order valence-electron chi connectivity index (χ2n) is 6.45. The van der Waals surface area contributed by atoms with E-state index in [1.165, 1.54) is 12.1 Å². The van der Waals surface area contributed by atoms with Gasteiger partial charge in [0.1, 0.15) is 23.8 Å². The van der Waals surface area contributed by atoms with Crippen molar-refractivity contribution in [3.8, 4) is 5.75 Å². The molecular weight excluding hydrogens is 323 g/mol. The van der Waals surface area contributed by atoms with Crippen LogP contribution in [0.15, 0.2) is 36.7 Å². The molecule has 1 aliphatic rings. The number of nitrogens with one attached hydrogen (secondary N) is 1. The minimum absolute atomic E-state index is 0.185. The average molecular weight is 346 g/mol. The Bertz CT molecular complexity index is 680. The number of aliphatic hydroxyl groups is 1. The van der Waals surface area contributed by atoms with Gasteiger partial charge in [0.25, 0.3) is 0 Å². The summed E-state index contributed by atoms with van der Waals surface area (Å²) in [6.07, 6.45) is 5.15. The lowest BCUT2D eigenvalue weighted by Gasteiger charge is -2.38. The fourth-order valence-corrected chi connectivity index (χ4v) is 3.03. The number of nitrogens with zero attached hydrogens (tertiary/aromatic N) is 3. The molecule has 1 atom stereocenters. The van der Waals surface area contributed by atoms with E-state index in [0.717, 1.165) is 18.5 Å². The van der Waals surface area contributed by atoms with Crippen LogP contribution < -0.4 is 10.1 Å². The van der Waals surface area contributed by atoms with Gasteiger partial charge in [0.15, 0.2) is 0 Å². The topological polar surface area (TPSA) is 70.5 Å². The predicted molar refractivity (Wildman–Crippen MR) is 92.9 cm³/mol. The van der Waals surface area contributed by atoms with Gasteiger partial charge in [-0.1, -0.05) is 0 Å². The van der Waals surface area contributed by atoms with Crippen LogP contribution in [-0.4, -0.2) is 52.3 Å². The van der Waals surface area contributed by atoms with E-state index in [1.807, 2.05) is 0 Å². The van der Waals surface area contributed by atoms with Crippen molar-refractivity contribution in [3.63, 3.8) is 0 Å². The Morgan fingerprint density at radius 2 is 2.00 bits per heavy atom. The molecule has 7 heteroatoms. The smallest absolute Gasteiger partial charge is 0.222 e. The van der Waals surface area contributed by atoms with E-state index in [9.17, 15) is 9.50 Å². The third-order valence-corrected chi connectivity index (χ3v) is 4.29. The summed E-state index contributed by atoms with van der Waals surface area (Å²) in [5.74, 6) is 0.844. The van der Waals surface area contributed by atoms with E-state index in [2.05, 4.69) is 20.2 Å². The Hall–Kier alpha value is -2.25. The van der Waals surface area contributed by atoms with Crippen LogP contribution in [0, 0.1) is 5.82 Å². The Balaban J connectivity index is 1.56. The molecule has 0 spiro atoms. The quantitative estimate of drug-likeness (QED) is 0.834. The minimum Gasteiger partial charge on any atom is -0.491 e. The highest BCUT2D eigenvalue weighted by Gasteiger charge is 2.34. The Labute approximate surface area is 146 Å². The molecule has 0 saturated carbocycles. The van der Waals surface area contributed by atoms with Crippen LogP contribution in [0.5, 0.6) is 5.75 Å². The maximum Gasteiger partial charge on any atom is 0.222 e. The largest absolute Gasteiger partial charge is 0.491 e. The zero-order valence-corrected chi connectivity index (χ0v) is 14.3. The Morgan fingerprint density at radius 3 is 2.68 bits per heavy atom. The summed E-state index contributed by atoms with van der Waals surface area (Å²) in [6, 6.07) is 5.84. The summed E-state index contributed by atoms with van der Waals surface area (Å²) in [4.78, 5) is 10.6. The third-order valence-electron chi connectivity index (χ3n) is 4.29. The van der Waals surface area contributed by atoms with Crippen LogP contribution in [0.4, 0.5) is 10.3 Å². The lowest BCUT2D eigenvalue weighted by atomic mass is 9.93. The van der Waals surface area contributed by atoms with Crippen LogP contribution in [0.3, 0.4) is 0 Å². The molecule has 0 bridgehead atoms. The van der Waals surface area contributed by atoms with Crippen LogP contribution in [0.1, 0.15) is 18.4 Å². The first kappa shape index (κ1) is 17.6. The fraction of sp³-hybridized carbons (Fsp3) is 0.444. The highest BCUT2D eigenvalue weighted by molar-refractivity contribution is 5.23. The maximum atomic E-state index is 12.9. The average Bonchev–Trinajstić information content (AvgIpc) is 2.62. The molecule has 0 aliphatic carbocycles. The number of benzene rings is 1. The van der Waals surface area contributed by atoms with Crippen molar-refractivity contribution < 1.29 is 14.2 Å². The number of aromatic nitrogens is 2. The molecule has 2 N–H and O–H groups in total. The van der Waals surface area contributed by atoms with Crippen molar-refractivity contribution in [2.45, 2.75) is 25.0 Å². The Morgan fingerprint density at radius 1 is 1.28 bits per heavy atom. The lowest BCUT2D eigenvalue weighted by Crippen LogP contribution is -2.51. The van der Waals surface area contributed by atoms with Crippen molar-refractivity contribution in [1.29, 1.82) is 0 Å². The number of piperidine rings is 1. The molecule has 1 aliphatic heterocycles. The van der Waals surface area contributed by atoms with Gasteiger partial charge in [-0.3, -0.25) is 4.90 Å². The molecular formula is C18H23FN4O2. The van der Waals surface area contributed by atoms with Gasteiger partial charge in [-0.15, -0.1) is 0 Å². The molecule has 1 saturated heterocycles. The molecule has 2 aromatic rings. The monoisotopic (exact) mass is 346 g/mol. The zero-order valence-electron chi connectivity index (χ0n) is 14.3. The molecule has 0 amide bonds. The van der Waals surface area contributed by atoms with Crippen LogP contribution in [0.2, 0.25) is 0 Å². The van der Waals surface area contributed by atoms with E-state index in [0.29, 0.717) is 31.2 Å². The summed E-state index contributed by atoms with van der Waals surface area (Å²) >= 11 is 0. The summed E-state index contributed by atoms with van der Waals surface area (Å²) in [7, 11) is 1.78. The highest BCUT2D eigenvalue weighted by atomic mass is 19.1. The fourth-order valence-electron chi connectivity index (χ4n) is 3.03. The number of ether oxygens (including phenoxy) is 1. The molecule has 25 heavy (non-hydrogen) atoms. The molecule has 6 nitrogen and oxygen atoms in total. The maximum absolute atomic E-state index is 12.9. The van der Waals surface area contributed by atoms with Gasteiger partial charge in [0.05, 0.1) is 0 Å². The number of rotatable bonds is 6. The van der Waals surface area contributed by atoms with Gasteiger partial charge in [0.2, 0.25) is 5.95 Å². The number of hydrogen-bond acceptors (Lipinski definition) is 6. The first-order chi connectivity index (χ1) is 12.1. The van der Waals surface area contributed by atoms with Crippen LogP contribution in [-0.2, 0) is 6.54 Å². The van der Waals surface area contributed by atoms with E-state index in [4.69, 9.17) is 4.74 Å². The standard InChI is InChI=1S/C18H23FN4O2/c1-20-17-21-9-14(10-22-17)11-23-8-2-7-18(24,12-23)13-25-16-5-3-15(19)4-6-16/h3-6,9-10,24H,2,7-8,11-13H2,1H3,(H,20,21,22)/t18-/m1/s1. The number of likely N-dealkylation sites (tertiary alicyclic amines) is 1. The van der Waals surface area contributed by atoms with Gasteiger partial charge < -0.3 is 15.2 Å². The number of halogens is 1. The van der Waals surface area contributed by atoms with Crippen LogP contribution >= 0.6 is 0 Å². The molecule has 1 aromatic carbocycles. The van der Waals surface area contributed by atoms with Crippen molar-refractivity contribution >= 4 is 5.95 Å². The second-order valence-corrected chi connectivity index (χ2v) is 6.45. The minimum atomic E-state index is -0.918. The molecule has 3 rings (SSSR count). The number of β-amino-alcohol motifs (C(OH)–C–C–N with tert-alkyl or cyclic N) is 1. The van der Waals surface area contributed by atoms with E-state index >= 15 is 0 Å². The summed E-state index contributed by atoms with van der Waals surface area (Å²) in [6.45, 7) is 2.29. The molecule has 134 valence electrons. The second kappa shape index (κ2) is 7.76. The number of anilines is 1. The van der Waals surface area contributed by atoms with E-state index in [1.54, 1.807) is 31.6 Å². The van der Waals surface area contributed by atoms with E-state index in [-0.39, 0.29) is 12.4 Å². The SMILES string of the molecule is CNc1ncc(CN2CCC[C@](O)(COc3ccc(F)cc3)C2)cn1. The highest BCUT2D eigenvalue weighted by Crippen LogP contribution is 2.24.